The maximum absolute atomic E-state index is 12.2. The Labute approximate surface area is 185 Å². The highest BCUT2D eigenvalue weighted by atomic mass is 32.1. The average Bonchev–Trinajstić information content (AvgIpc) is 2.71. The molecule has 1 heterocycles. The smallest absolute Gasteiger partial charge is 0.251 e. The number of hydrogen-bond acceptors (Lipinski definition) is 4. The standard InChI is InChI=1S/C7H8FN.C7H10N2OS.C7H14O.C2H6/c1-9-7-4-2-6(8)3-5-7;1-2-3-5-4-6(10)9-7(11)8-5;1-4-5-7(2,3)6-8;1-2/h2-5,9H,1H3;4H,2-3H2,1H3,(H2,8,9,10,11);6H,4-5H2,1-3H3;1-2H3. The fourth-order valence-corrected chi connectivity index (χ4v) is 2.47. The summed E-state index contributed by atoms with van der Waals surface area (Å²) < 4.78 is 12.6. The molecule has 1 aromatic carbocycles. The average molecular weight is 440 g/mol. The molecule has 0 atom stereocenters. The highest BCUT2D eigenvalue weighted by Crippen LogP contribution is 2.17. The molecule has 0 saturated heterocycles. The van der Waals surface area contributed by atoms with Gasteiger partial charge in [0.05, 0.1) is 0 Å². The van der Waals surface area contributed by atoms with E-state index in [-0.39, 0.29) is 16.8 Å². The number of hydrogen-bond donors (Lipinski definition) is 3. The quantitative estimate of drug-likeness (QED) is 0.365. The molecule has 170 valence electrons. The maximum atomic E-state index is 12.2. The van der Waals surface area contributed by atoms with Crippen LogP contribution in [0.5, 0.6) is 0 Å². The molecule has 7 heteroatoms. The van der Waals surface area contributed by atoms with Crippen LogP contribution in [0, 0.1) is 16.0 Å². The first-order valence-electron chi connectivity index (χ1n) is 10.4. The van der Waals surface area contributed by atoms with Crippen molar-refractivity contribution in [2.45, 2.75) is 67.2 Å². The number of aromatic nitrogens is 2. The summed E-state index contributed by atoms with van der Waals surface area (Å²) in [6.07, 6.45) is 4.99. The van der Waals surface area contributed by atoms with Crippen molar-refractivity contribution in [2.24, 2.45) is 5.41 Å². The van der Waals surface area contributed by atoms with Crippen molar-refractivity contribution in [3.8, 4) is 0 Å². The van der Waals surface area contributed by atoms with E-state index < -0.39 is 0 Å². The maximum Gasteiger partial charge on any atom is 0.251 e. The third kappa shape index (κ3) is 15.6. The summed E-state index contributed by atoms with van der Waals surface area (Å²) in [6.45, 7) is 12.1. The Balaban J connectivity index is 0. The monoisotopic (exact) mass is 439 g/mol. The van der Waals surface area contributed by atoms with Crippen LogP contribution in [0.2, 0.25) is 0 Å². The van der Waals surface area contributed by atoms with E-state index in [2.05, 4.69) is 29.1 Å². The van der Waals surface area contributed by atoms with Gasteiger partial charge in [0.25, 0.3) is 5.56 Å². The Kier molecular flexibility index (Phi) is 17.5. The molecular weight excluding hydrogens is 401 g/mol. The summed E-state index contributed by atoms with van der Waals surface area (Å²) in [5.41, 5.74) is 1.62. The first-order chi connectivity index (χ1) is 14.2. The van der Waals surface area contributed by atoms with E-state index in [9.17, 15) is 14.0 Å². The number of rotatable bonds is 6. The predicted octanol–water partition coefficient (Wildman–Crippen LogP) is 6.29. The molecule has 0 aliphatic carbocycles. The van der Waals surface area contributed by atoms with Gasteiger partial charge in [-0.05, 0) is 49.3 Å². The largest absolute Gasteiger partial charge is 0.388 e. The van der Waals surface area contributed by atoms with Gasteiger partial charge in [-0.1, -0.05) is 54.4 Å². The number of aldehydes is 1. The molecule has 0 unspecified atom stereocenters. The molecule has 0 saturated carbocycles. The molecule has 0 aliphatic heterocycles. The molecule has 2 aromatic rings. The molecule has 30 heavy (non-hydrogen) atoms. The zero-order chi connectivity index (χ0) is 23.6. The van der Waals surface area contributed by atoms with Crippen LogP contribution in [0.15, 0.2) is 35.1 Å². The lowest BCUT2D eigenvalue weighted by Crippen LogP contribution is -2.11. The predicted molar refractivity (Wildman–Crippen MR) is 128 cm³/mol. The summed E-state index contributed by atoms with van der Waals surface area (Å²) in [4.78, 5) is 26.4. The molecule has 1 aromatic heterocycles. The second kappa shape index (κ2) is 17.6. The third-order valence-corrected chi connectivity index (χ3v) is 3.89. The molecular formula is C23H38FN3O2S. The minimum absolute atomic E-state index is 0.0885. The van der Waals surface area contributed by atoms with E-state index in [1.165, 1.54) is 12.1 Å². The molecule has 5 nitrogen and oxygen atoms in total. The number of aryl methyl sites for hydroxylation is 1. The van der Waals surface area contributed by atoms with Crippen LogP contribution in [0.1, 0.15) is 66.5 Å². The first-order valence-corrected chi connectivity index (χ1v) is 10.8. The Hall–Kier alpha value is -2.28. The number of nitrogens with one attached hydrogen (secondary N) is 3. The zero-order valence-corrected chi connectivity index (χ0v) is 20.2. The van der Waals surface area contributed by atoms with Crippen LogP contribution in [0.3, 0.4) is 0 Å². The van der Waals surface area contributed by atoms with Crippen molar-refractivity contribution in [3.63, 3.8) is 0 Å². The number of carbonyl (C=O) groups excluding carboxylic acids is 1. The van der Waals surface area contributed by atoms with Gasteiger partial charge in [0.1, 0.15) is 12.1 Å². The van der Waals surface area contributed by atoms with Crippen molar-refractivity contribution in [2.75, 3.05) is 12.4 Å². The highest BCUT2D eigenvalue weighted by Gasteiger charge is 2.13. The van der Waals surface area contributed by atoms with Crippen LogP contribution in [-0.2, 0) is 11.2 Å². The summed E-state index contributed by atoms with van der Waals surface area (Å²) >= 11 is 4.79. The lowest BCUT2D eigenvalue weighted by Gasteiger charge is -2.13. The van der Waals surface area contributed by atoms with Gasteiger partial charge in [-0.2, -0.15) is 0 Å². The van der Waals surface area contributed by atoms with Gasteiger partial charge in [-0.15, -0.1) is 0 Å². The topological polar surface area (TPSA) is 77.8 Å². The van der Waals surface area contributed by atoms with Crippen molar-refractivity contribution in [1.29, 1.82) is 0 Å². The highest BCUT2D eigenvalue weighted by molar-refractivity contribution is 7.71. The molecule has 3 N–H and O–H groups in total. The van der Waals surface area contributed by atoms with Gasteiger partial charge in [0, 0.05) is 29.9 Å². The van der Waals surface area contributed by atoms with Crippen LogP contribution in [0.4, 0.5) is 10.1 Å². The summed E-state index contributed by atoms with van der Waals surface area (Å²) in [6, 6.07) is 7.77. The van der Waals surface area contributed by atoms with E-state index in [0.717, 1.165) is 43.4 Å². The van der Waals surface area contributed by atoms with E-state index in [0.29, 0.717) is 4.77 Å². The number of carbonyl (C=O) groups is 1. The van der Waals surface area contributed by atoms with Gasteiger partial charge in [0.2, 0.25) is 0 Å². The minimum atomic E-state index is -0.200. The third-order valence-electron chi connectivity index (χ3n) is 3.68. The van der Waals surface area contributed by atoms with Gasteiger partial charge in [-0.25, -0.2) is 4.39 Å². The number of H-pyrrole nitrogens is 2. The summed E-state index contributed by atoms with van der Waals surface area (Å²) in [5, 5.41) is 2.89. The fourth-order valence-electron chi connectivity index (χ4n) is 2.24. The SMILES string of the molecule is CC.CCCC(C)(C)C=O.CCCc1cc(=O)[nH]c(=S)[nH]1.CNc1ccc(F)cc1. The van der Waals surface area contributed by atoms with E-state index in [4.69, 9.17) is 12.2 Å². The van der Waals surface area contributed by atoms with Crippen molar-refractivity contribution >= 4 is 24.2 Å². The van der Waals surface area contributed by atoms with E-state index >= 15 is 0 Å². The molecule has 0 bridgehead atoms. The lowest BCUT2D eigenvalue weighted by molar-refractivity contribution is -0.115. The Morgan fingerprint density at radius 2 is 1.67 bits per heavy atom. The number of aromatic amines is 2. The molecule has 0 fully saturated rings. The van der Waals surface area contributed by atoms with Gasteiger partial charge in [-0.3, -0.25) is 9.78 Å². The summed E-state index contributed by atoms with van der Waals surface area (Å²) in [7, 11) is 1.80. The fraction of sp³-hybridized carbons (Fsp3) is 0.522. The Bertz CT molecular complexity index is 771. The Morgan fingerprint density at radius 1 is 1.10 bits per heavy atom. The van der Waals surface area contributed by atoms with Gasteiger partial charge in [0.15, 0.2) is 4.77 Å². The van der Waals surface area contributed by atoms with Gasteiger partial charge >= 0.3 is 0 Å². The summed E-state index contributed by atoms with van der Waals surface area (Å²) in [5.74, 6) is -0.200. The van der Waals surface area contributed by atoms with Gasteiger partial charge < -0.3 is 15.1 Å². The van der Waals surface area contributed by atoms with Crippen molar-refractivity contribution < 1.29 is 9.18 Å². The molecule has 0 aliphatic rings. The van der Waals surface area contributed by atoms with E-state index in [1.54, 1.807) is 25.2 Å². The Morgan fingerprint density at radius 3 is 2.03 bits per heavy atom. The van der Waals surface area contributed by atoms with Crippen LogP contribution in [0.25, 0.3) is 0 Å². The number of anilines is 1. The zero-order valence-electron chi connectivity index (χ0n) is 19.4. The normalized spacial score (nSPS) is 9.60. The second-order valence-corrected chi connectivity index (χ2v) is 7.38. The van der Waals surface area contributed by atoms with Crippen LogP contribution >= 0.6 is 12.2 Å². The van der Waals surface area contributed by atoms with Crippen molar-refractivity contribution in [3.05, 3.63) is 57.0 Å². The minimum Gasteiger partial charge on any atom is -0.388 e. The van der Waals surface area contributed by atoms with Crippen molar-refractivity contribution in [1.82, 2.24) is 9.97 Å². The number of halogens is 1. The first kappa shape index (κ1) is 29.9. The molecule has 2 rings (SSSR count). The molecule has 0 radical (unpaired) electrons. The lowest BCUT2D eigenvalue weighted by atomic mass is 9.90. The van der Waals surface area contributed by atoms with E-state index in [1.807, 2.05) is 27.7 Å². The molecule has 0 spiro atoms. The number of benzene rings is 1. The molecule has 0 amide bonds. The van der Waals surface area contributed by atoms with Crippen LogP contribution in [-0.4, -0.2) is 23.3 Å². The van der Waals surface area contributed by atoms with Crippen LogP contribution < -0.4 is 10.9 Å². The second-order valence-electron chi connectivity index (χ2n) is 6.98.